The molecular formula is C28H29Cl2N3O2. The Morgan fingerprint density at radius 3 is 2.29 bits per heavy atom. The minimum absolute atomic E-state index is 0.135. The van der Waals surface area contributed by atoms with Gasteiger partial charge in [-0.05, 0) is 73.6 Å². The summed E-state index contributed by atoms with van der Waals surface area (Å²) < 4.78 is 0. The Labute approximate surface area is 216 Å². The van der Waals surface area contributed by atoms with Crippen molar-refractivity contribution in [3.63, 3.8) is 0 Å². The Kier molecular flexibility index (Phi) is 7.82. The Hall–Kier alpha value is -2.83. The van der Waals surface area contributed by atoms with E-state index in [0.717, 1.165) is 51.9 Å². The summed E-state index contributed by atoms with van der Waals surface area (Å²) in [6, 6.07) is 17.5. The van der Waals surface area contributed by atoms with Crippen LogP contribution >= 0.6 is 23.2 Å². The summed E-state index contributed by atoms with van der Waals surface area (Å²) in [4.78, 5) is 6.75. The van der Waals surface area contributed by atoms with E-state index in [-0.39, 0.29) is 15.8 Å². The largest absolute Gasteiger partial charge is 0.505 e. The quantitative estimate of drug-likeness (QED) is 0.228. The molecule has 0 saturated carbocycles. The van der Waals surface area contributed by atoms with Gasteiger partial charge in [0, 0.05) is 29.4 Å². The monoisotopic (exact) mass is 509 g/mol. The van der Waals surface area contributed by atoms with Crippen molar-refractivity contribution in [2.45, 2.75) is 32.4 Å². The molecule has 1 heterocycles. The number of halogens is 2. The minimum Gasteiger partial charge on any atom is -0.505 e. The van der Waals surface area contributed by atoms with Crippen LogP contribution in [0.5, 0.6) is 5.75 Å². The first-order valence-corrected chi connectivity index (χ1v) is 12.3. The molecule has 0 saturated heterocycles. The van der Waals surface area contributed by atoms with Crippen molar-refractivity contribution in [1.29, 1.82) is 0 Å². The van der Waals surface area contributed by atoms with Crippen LogP contribution in [0.1, 0.15) is 37.0 Å². The molecular weight excluding hydrogens is 481 g/mol. The van der Waals surface area contributed by atoms with Crippen molar-refractivity contribution in [2.75, 3.05) is 19.4 Å². The molecule has 4 rings (SSSR count). The third kappa shape index (κ3) is 5.71. The summed E-state index contributed by atoms with van der Waals surface area (Å²) in [6.07, 6.45) is 2.59. The number of fused-ring (bicyclic) bond motifs is 1. The average molecular weight is 510 g/mol. The highest BCUT2D eigenvalue weighted by Crippen LogP contribution is 2.39. The van der Waals surface area contributed by atoms with Crippen molar-refractivity contribution in [2.24, 2.45) is 0 Å². The van der Waals surface area contributed by atoms with Crippen LogP contribution in [0.3, 0.4) is 0 Å². The lowest BCUT2D eigenvalue weighted by Gasteiger charge is -2.19. The molecule has 0 radical (unpaired) electrons. The van der Waals surface area contributed by atoms with Crippen molar-refractivity contribution in [3.05, 3.63) is 82.0 Å². The third-order valence-corrected chi connectivity index (χ3v) is 6.47. The van der Waals surface area contributed by atoms with E-state index in [0.29, 0.717) is 6.42 Å². The number of phenolic OH excluding ortho intramolecular Hbond substituents is 1. The number of rotatable bonds is 8. The fourth-order valence-corrected chi connectivity index (χ4v) is 4.63. The number of aliphatic hydroxyl groups excluding tert-OH is 1. The van der Waals surface area contributed by atoms with E-state index in [9.17, 15) is 10.2 Å². The number of aromatic nitrogens is 1. The summed E-state index contributed by atoms with van der Waals surface area (Å²) in [5.74, 6) is -0.135. The minimum atomic E-state index is -0.645. The molecule has 5 nitrogen and oxygen atoms in total. The fraction of sp³-hybridized carbons (Fsp3) is 0.250. The maximum absolute atomic E-state index is 10.9. The zero-order valence-electron chi connectivity index (χ0n) is 20.0. The highest BCUT2D eigenvalue weighted by atomic mass is 35.5. The number of hydrogen-bond donors (Lipinski definition) is 3. The van der Waals surface area contributed by atoms with Crippen molar-refractivity contribution in [1.82, 2.24) is 9.88 Å². The van der Waals surface area contributed by atoms with Gasteiger partial charge in [0.05, 0.1) is 27.4 Å². The molecule has 4 aromatic rings. The molecule has 1 atom stereocenters. The molecule has 0 aliphatic carbocycles. The second-order valence-corrected chi connectivity index (χ2v) is 9.79. The van der Waals surface area contributed by atoms with Gasteiger partial charge in [-0.3, -0.25) is 4.98 Å². The summed E-state index contributed by atoms with van der Waals surface area (Å²) in [5, 5.41) is 25.7. The number of nitrogens with zero attached hydrogens (tertiary/aromatic N) is 2. The van der Waals surface area contributed by atoms with Gasteiger partial charge in [0.2, 0.25) is 0 Å². The molecule has 1 unspecified atom stereocenters. The molecule has 0 amide bonds. The van der Waals surface area contributed by atoms with E-state index in [1.165, 1.54) is 5.56 Å². The van der Waals surface area contributed by atoms with Gasteiger partial charge in [-0.2, -0.15) is 0 Å². The SMILES string of the molecule is CCCC(O)c1cnc2ccc(-c3cc(Cl)c(O)c(Cl)c3)cc2c1Nc1ccc(CN(C)C)cc1. The molecule has 182 valence electrons. The number of nitrogens with one attached hydrogen (secondary N) is 1. The predicted octanol–water partition coefficient (Wildman–Crippen LogP) is 7.55. The predicted molar refractivity (Wildman–Crippen MR) is 146 cm³/mol. The normalized spacial score (nSPS) is 12.3. The number of hydrogen-bond acceptors (Lipinski definition) is 5. The van der Waals surface area contributed by atoms with Crippen LogP contribution in [0.4, 0.5) is 11.4 Å². The Morgan fingerprint density at radius 1 is 0.971 bits per heavy atom. The van der Waals surface area contributed by atoms with Gasteiger partial charge in [0.25, 0.3) is 0 Å². The van der Waals surface area contributed by atoms with Crippen LogP contribution in [0, 0.1) is 0 Å². The molecule has 3 aromatic carbocycles. The van der Waals surface area contributed by atoms with Crippen LogP contribution in [0.15, 0.2) is 60.8 Å². The molecule has 3 N–H and O–H groups in total. The standard InChI is InChI=1S/C28H29Cl2N3O2/c1-4-5-26(34)22-15-31-25-11-8-18(19-13-23(29)28(35)24(30)14-19)12-21(25)27(22)32-20-9-6-17(7-10-20)16-33(2)3/h6-15,26,34-35H,4-5,16H2,1-3H3,(H,31,32). The average Bonchev–Trinajstić information content (AvgIpc) is 2.83. The third-order valence-electron chi connectivity index (χ3n) is 5.89. The van der Waals surface area contributed by atoms with E-state index in [1.54, 1.807) is 18.3 Å². The molecule has 1 aromatic heterocycles. The Balaban J connectivity index is 1.83. The van der Waals surface area contributed by atoms with Crippen molar-refractivity contribution >= 4 is 45.5 Å². The highest BCUT2D eigenvalue weighted by molar-refractivity contribution is 6.37. The van der Waals surface area contributed by atoms with E-state index in [1.807, 2.05) is 51.4 Å². The molecule has 0 fully saturated rings. The number of aliphatic hydroxyl groups is 1. The second-order valence-electron chi connectivity index (χ2n) is 8.97. The van der Waals surface area contributed by atoms with Gasteiger partial charge in [-0.15, -0.1) is 0 Å². The fourth-order valence-electron chi connectivity index (χ4n) is 4.14. The van der Waals surface area contributed by atoms with Crippen LogP contribution in [-0.4, -0.2) is 34.2 Å². The zero-order chi connectivity index (χ0) is 25.1. The Bertz CT molecular complexity index is 1320. The lowest BCUT2D eigenvalue weighted by Crippen LogP contribution is -2.10. The van der Waals surface area contributed by atoms with Crippen LogP contribution in [0.25, 0.3) is 22.0 Å². The van der Waals surface area contributed by atoms with Gasteiger partial charge < -0.3 is 20.4 Å². The van der Waals surface area contributed by atoms with Gasteiger partial charge in [-0.1, -0.05) is 54.7 Å². The van der Waals surface area contributed by atoms with Gasteiger partial charge >= 0.3 is 0 Å². The zero-order valence-corrected chi connectivity index (χ0v) is 21.5. The molecule has 0 bridgehead atoms. The Morgan fingerprint density at radius 2 is 1.66 bits per heavy atom. The number of phenols is 1. The maximum Gasteiger partial charge on any atom is 0.152 e. The van der Waals surface area contributed by atoms with E-state index in [4.69, 9.17) is 23.2 Å². The number of aromatic hydroxyl groups is 1. The van der Waals surface area contributed by atoms with E-state index >= 15 is 0 Å². The smallest absolute Gasteiger partial charge is 0.152 e. The summed E-state index contributed by atoms with van der Waals surface area (Å²) in [7, 11) is 4.09. The van der Waals surface area contributed by atoms with Gasteiger partial charge in [-0.25, -0.2) is 0 Å². The van der Waals surface area contributed by atoms with Gasteiger partial charge in [0.15, 0.2) is 5.75 Å². The maximum atomic E-state index is 10.9. The highest BCUT2D eigenvalue weighted by Gasteiger charge is 2.17. The molecule has 35 heavy (non-hydrogen) atoms. The first-order chi connectivity index (χ1) is 16.8. The lowest BCUT2D eigenvalue weighted by molar-refractivity contribution is 0.167. The van der Waals surface area contributed by atoms with E-state index < -0.39 is 6.10 Å². The van der Waals surface area contributed by atoms with Crippen LogP contribution in [0.2, 0.25) is 10.0 Å². The first kappa shape index (κ1) is 25.3. The first-order valence-electron chi connectivity index (χ1n) is 11.6. The molecule has 7 heteroatoms. The van der Waals surface area contributed by atoms with Crippen molar-refractivity contribution < 1.29 is 10.2 Å². The summed E-state index contributed by atoms with van der Waals surface area (Å²) >= 11 is 12.4. The second kappa shape index (κ2) is 10.8. The van der Waals surface area contributed by atoms with Gasteiger partial charge in [0.1, 0.15) is 0 Å². The number of pyridine rings is 1. The summed E-state index contributed by atoms with van der Waals surface area (Å²) in [5.41, 5.74) is 6.14. The number of anilines is 2. The number of benzene rings is 3. The summed E-state index contributed by atoms with van der Waals surface area (Å²) in [6.45, 7) is 2.91. The van der Waals surface area contributed by atoms with E-state index in [2.05, 4.69) is 27.3 Å². The topological polar surface area (TPSA) is 68.6 Å². The molecule has 0 aliphatic rings. The molecule has 0 aliphatic heterocycles. The van der Waals surface area contributed by atoms with Crippen LogP contribution < -0.4 is 5.32 Å². The van der Waals surface area contributed by atoms with Crippen LogP contribution in [-0.2, 0) is 6.54 Å². The lowest BCUT2D eigenvalue weighted by atomic mass is 9.98. The molecule has 0 spiro atoms. The van der Waals surface area contributed by atoms with Crippen molar-refractivity contribution in [3.8, 4) is 16.9 Å².